The number of carbonyl (C=O) groups excluding carboxylic acids is 3. The maximum Gasteiger partial charge on any atom is 0.330 e. The number of carbonyl (C=O) groups is 3. The summed E-state index contributed by atoms with van der Waals surface area (Å²) in [5, 5.41) is 2.26. The molecule has 0 aromatic heterocycles. The fourth-order valence-corrected chi connectivity index (χ4v) is 2.56. The average Bonchev–Trinajstić information content (AvgIpc) is 2.87. The van der Waals surface area contributed by atoms with E-state index in [0.29, 0.717) is 19.4 Å². The van der Waals surface area contributed by atoms with Gasteiger partial charge in [-0.25, -0.2) is 4.79 Å². The number of hydrogen-bond donors (Lipinski definition) is 1. The Labute approximate surface area is 112 Å². The molecule has 0 spiro atoms. The van der Waals surface area contributed by atoms with E-state index in [1.807, 2.05) is 6.92 Å². The van der Waals surface area contributed by atoms with Crippen LogP contribution in [0.25, 0.3) is 0 Å². The largest absolute Gasteiger partial charge is 0.378 e. The lowest BCUT2D eigenvalue weighted by molar-refractivity contribution is -0.143. The van der Waals surface area contributed by atoms with E-state index in [4.69, 9.17) is 4.74 Å². The van der Waals surface area contributed by atoms with Crippen LogP contribution in [-0.2, 0) is 14.3 Å². The topological polar surface area (TPSA) is 75.7 Å². The molecule has 1 N–H and O–H groups in total. The van der Waals surface area contributed by atoms with Crippen LogP contribution < -0.4 is 5.32 Å². The molecule has 2 unspecified atom stereocenters. The molecule has 0 saturated carbocycles. The number of nitrogens with zero attached hydrogens (tertiary/aromatic N) is 1. The highest BCUT2D eigenvalue weighted by molar-refractivity contribution is 6.16. The smallest absolute Gasteiger partial charge is 0.330 e. The molecule has 0 aromatic carbocycles. The quantitative estimate of drug-likeness (QED) is 0.756. The number of nitrogens with one attached hydrogen (secondary N) is 1. The predicted octanol–water partition coefficient (Wildman–Crippen LogP) is 1.05. The summed E-state index contributed by atoms with van der Waals surface area (Å²) in [6.45, 7) is 2.98. The van der Waals surface area contributed by atoms with Crippen LogP contribution in [-0.4, -0.2) is 42.0 Å². The lowest BCUT2D eigenvalue weighted by atomic mass is 9.99. The molecule has 6 nitrogen and oxygen atoms in total. The number of ether oxygens (including phenoxy) is 1. The van der Waals surface area contributed by atoms with Gasteiger partial charge < -0.3 is 4.74 Å². The summed E-state index contributed by atoms with van der Waals surface area (Å²) in [5.41, 5.74) is 0. The van der Waals surface area contributed by atoms with Gasteiger partial charge in [0.05, 0.1) is 6.10 Å². The van der Waals surface area contributed by atoms with Gasteiger partial charge >= 0.3 is 6.03 Å². The number of amides is 4. The third kappa shape index (κ3) is 3.12. The Morgan fingerprint density at radius 1 is 1.32 bits per heavy atom. The molecule has 0 radical (unpaired) electrons. The Morgan fingerprint density at radius 2 is 2.11 bits per heavy atom. The highest BCUT2D eigenvalue weighted by Crippen LogP contribution is 2.19. The fraction of sp³-hybridized carbons (Fsp3) is 0.769. The third-order valence-corrected chi connectivity index (χ3v) is 3.63. The van der Waals surface area contributed by atoms with Crippen LogP contribution in [0.3, 0.4) is 0 Å². The first kappa shape index (κ1) is 14.0. The second kappa shape index (κ2) is 6.14. The summed E-state index contributed by atoms with van der Waals surface area (Å²) in [6.07, 6.45) is 3.99. The molecule has 2 heterocycles. The van der Waals surface area contributed by atoms with Crippen molar-refractivity contribution < 1.29 is 19.1 Å². The maximum atomic E-state index is 12.1. The number of rotatable bonds is 5. The van der Waals surface area contributed by atoms with Crippen molar-refractivity contribution in [3.05, 3.63) is 0 Å². The van der Waals surface area contributed by atoms with Crippen LogP contribution in [0.5, 0.6) is 0 Å². The van der Waals surface area contributed by atoms with Crippen molar-refractivity contribution in [2.45, 2.75) is 45.1 Å². The zero-order valence-corrected chi connectivity index (χ0v) is 11.2. The first-order valence-electron chi connectivity index (χ1n) is 6.91. The Morgan fingerprint density at radius 3 is 2.74 bits per heavy atom. The van der Waals surface area contributed by atoms with Gasteiger partial charge in [0.1, 0.15) is 5.92 Å². The summed E-state index contributed by atoms with van der Waals surface area (Å²) in [4.78, 5) is 36.6. The number of urea groups is 1. The Kier molecular flexibility index (Phi) is 4.52. The van der Waals surface area contributed by atoms with Crippen LogP contribution >= 0.6 is 0 Å². The molecule has 2 aliphatic rings. The highest BCUT2D eigenvalue weighted by atomic mass is 16.5. The molecule has 0 aromatic rings. The van der Waals surface area contributed by atoms with Crippen LogP contribution in [0.15, 0.2) is 0 Å². The van der Waals surface area contributed by atoms with Gasteiger partial charge in [0, 0.05) is 13.2 Å². The molecule has 2 fully saturated rings. The summed E-state index contributed by atoms with van der Waals surface area (Å²) in [5.74, 6) is -1.55. The van der Waals surface area contributed by atoms with Gasteiger partial charge in [-0.3, -0.25) is 19.8 Å². The minimum Gasteiger partial charge on any atom is -0.378 e. The van der Waals surface area contributed by atoms with Crippen molar-refractivity contribution in [2.24, 2.45) is 5.92 Å². The lowest BCUT2D eigenvalue weighted by Gasteiger charge is -2.30. The van der Waals surface area contributed by atoms with Crippen LogP contribution in [0.2, 0.25) is 0 Å². The second-order valence-corrected chi connectivity index (χ2v) is 5.05. The zero-order valence-electron chi connectivity index (χ0n) is 11.2. The van der Waals surface area contributed by atoms with E-state index in [9.17, 15) is 14.4 Å². The fourth-order valence-electron chi connectivity index (χ4n) is 2.56. The molecule has 6 heteroatoms. The number of imide groups is 2. The van der Waals surface area contributed by atoms with Crippen molar-refractivity contribution in [2.75, 3.05) is 13.2 Å². The van der Waals surface area contributed by atoms with Crippen LogP contribution in [0.4, 0.5) is 4.79 Å². The summed E-state index contributed by atoms with van der Waals surface area (Å²) < 4.78 is 5.47. The molecule has 19 heavy (non-hydrogen) atoms. The Bertz CT molecular complexity index is 377. The van der Waals surface area contributed by atoms with Gasteiger partial charge in [-0.2, -0.15) is 0 Å². The van der Waals surface area contributed by atoms with Crippen LogP contribution in [0.1, 0.15) is 39.0 Å². The van der Waals surface area contributed by atoms with Gasteiger partial charge in [0.2, 0.25) is 11.8 Å². The molecule has 0 bridgehead atoms. The summed E-state index contributed by atoms with van der Waals surface area (Å²) >= 11 is 0. The van der Waals surface area contributed by atoms with Gasteiger partial charge in [0.15, 0.2) is 0 Å². The van der Waals surface area contributed by atoms with Gasteiger partial charge in [0.25, 0.3) is 0 Å². The Hall–Kier alpha value is -1.43. The second-order valence-electron chi connectivity index (χ2n) is 5.05. The third-order valence-electron chi connectivity index (χ3n) is 3.63. The lowest BCUT2D eigenvalue weighted by Crippen LogP contribution is -2.58. The first-order chi connectivity index (χ1) is 9.13. The zero-order chi connectivity index (χ0) is 13.8. The molecule has 106 valence electrons. The van der Waals surface area contributed by atoms with Gasteiger partial charge in [-0.15, -0.1) is 0 Å². The molecule has 2 atom stereocenters. The van der Waals surface area contributed by atoms with Crippen molar-refractivity contribution >= 4 is 17.8 Å². The van der Waals surface area contributed by atoms with E-state index in [1.165, 1.54) is 0 Å². The van der Waals surface area contributed by atoms with E-state index in [0.717, 1.165) is 30.8 Å². The van der Waals surface area contributed by atoms with E-state index in [1.54, 1.807) is 0 Å². The first-order valence-corrected chi connectivity index (χ1v) is 6.91. The van der Waals surface area contributed by atoms with Crippen molar-refractivity contribution in [1.82, 2.24) is 10.2 Å². The Balaban J connectivity index is 1.95. The molecular formula is C13H20N2O4. The van der Waals surface area contributed by atoms with Gasteiger partial charge in [-0.05, 0) is 25.7 Å². The minimum atomic E-state index is -0.716. The standard InChI is InChI=1S/C13H20N2O4/c1-2-4-10-11(16)14-13(18)15(12(10)17)7-6-9-5-3-8-19-9/h9-10H,2-8H2,1H3,(H,14,16,18). The van der Waals surface area contributed by atoms with E-state index >= 15 is 0 Å². The molecule has 0 aliphatic carbocycles. The molecule has 2 saturated heterocycles. The average molecular weight is 268 g/mol. The maximum absolute atomic E-state index is 12.1. The van der Waals surface area contributed by atoms with E-state index < -0.39 is 17.9 Å². The summed E-state index contributed by atoms with van der Waals surface area (Å²) in [6, 6.07) is -0.597. The van der Waals surface area contributed by atoms with Gasteiger partial charge in [-0.1, -0.05) is 13.3 Å². The van der Waals surface area contributed by atoms with E-state index in [2.05, 4.69) is 5.32 Å². The van der Waals surface area contributed by atoms with Crippen LogP contribution in [0, 0.1) is 5.92 Å². The van der Waals surface area contributed by atoms with Crippen molar-refractivity contribution in [3.63, 3.8) is 0 Å². The molecular weight excluding hydrogens is 248 g/mol. The minimum absolute atomic E-state index is 0.128. The normalized spacial score (nSPS) is 27.8. The molecule has 4 amide bonds. The number of barbiturate groups is 1. The SMILES string of the molecule is CCCC1C(=O)NC(=O)N(CCC2CCCO2)C1=O. The monoisotopic (exact) mass is 268 g/mol. The van der Waals surface area contributed by atoms with E-state index in [-0.39, 0.29) is 12.0 Å². The number of hydrogen-bond acceptors (Lipinski definition) is 4. The molecule has 2 aliphatic heterocycles. The predicted molar refractivity (Wildman–Crippen MR) is 67.2 cm³/mol. The van der Waals surface area contributed by atoms with Crippen molar-refractivity contribution in [3.8, 4) is 0 Å². The summed E-state index contributed by atoms with van der Waals surface area (Å²) in [7, 11) is 0. The van der Waals surface area contributed by atoms with Crippen molar-refractivity contribution in [1.29, 1.82) is 0 Å². The molecule has 2 rings (SSSR count). The highest BCUT2D eigenvalue weighted by Gasteiger charge is 2.39.